The van der Waals surface area contributed by atoms with Gasteiger partial charge in [-0.3, -0.25) is 9.48 Å². The molecule has 1 heterocycles. The lowest BCUT2D eigenvalue weighted by Gasteiger charge is -2.62. The van der Waals surface area contributed by atoms with Crippen LogP contribution in [0.15, 0.2) is 12.4 Å². The Morgan fingerprint density at radius 1 is 1.12 bits per heavy atom. The summed E-state index contributed by atoms with van der Waals surface area (Å²) in [4.78, 5) is 13.4. The largest absolute Gasteiger partial charge is 0.384 e. The van der Waals surface area contributed by atoms with Crippen molar-refractivity contribution in [1.82, 2.24) is 9.78 Å². The summed E-state index contributed by atoms with van der Waals surface area (Å²) < 4.78 is 7.37. The van der Waals surface area contributed by atoms with Crippen LogP contribution < -0.4 is 0 Å². The molecule has 8 atom stereocenters. The van der Waals surface area contributed by atoms with Crippen LogP contribution in [0.1, 0.15) is 90.5 Å². The SMILES string of the molecule is COC[C@@]1(C)CC[C@]2(C)C3CC[C@]4(C)[C@@H](C(=O)CCn5cc(C#N)cn5)CC[C@H]4[C@@H]3CC[C@@H]2C1. The van der Waals surface area contributed by atoms with Crippen molar-refractivity contribution in [3.8, 4) is 6.07 Å². The molecule has 186 valence electrons. The van der Waals surface area contributed by atoms with Gasteiger partial charge in [0.15, 0.2) is 0 Å². The number of hydrogen-bond acceptors (Lipinski definition) is 4. The van der Waals surface area contributed by atoms with Crippen molar-refractivity contribution in [3.63, 3.8) is 0 Å². The van der Waals surface area contributed by atoms with Gasteiger partial charge < -0.3 is 4.74 Å². The van der Waals surface area contributed by atoms with Gasteiger partial charge >= 0.3 is 0 Å². The number of rotatable bonds is 6. The number of carbonyl (C=O) groups is 1. The maximum atomic E-state index is 13.4. The van der Waals surface area contributed by atoms with E-state index in [2.05, 4.69) is 31.9 Å². The molecular formula is C29H43N3O2. The number of methoxy groups -OCH3 is 1. The van der Waals surface area contributed by atoms with Gasteiger partial charge in [-0.05, 0) is 97.7 Å². The highest BCUT2D eigenvalue weighted by Gasteiger charge is 2.61. The van der Waals surface area contributed by atoms with E-state index >= 15 is 0 Å². The molecule has 0 saturated heterocycles. The van der Waals surface area contributed by atoms with Crippen LogP contribution in [0, 0.1) is 57.2 Å². The number of aryl methyl sites for hydroxylation is 1. The summed E-state index contributed by atoms with van der Waals surface area (Å²) >= 11 is 0. The lowest BCUT2D eigenvalue weighted by Crippen LogP contribution is -2.55. The van der Waals surface area contributed by atoms with Crippen LogP contribution in [0.3, 0.4) is 0 Å². The van der Waals surface area contributed by atoms with E-state index in [0.29, 0.717) is 41.1 Å². The van der Waals surface area contributed by atoms with Gasteiger partial charge in [0.2, 0.25) is 0 Å². The third-order valence-corrected chi connectivity index (χ3v) is 11.3. The van der Waals surface area contributed by atoms with E-state index in [9.17, 15) is 4.79 Å². The third-order valence-electron chi connectivity index (χ3n) is 11.3. The van der Waals surface area contributed by atoms with Crippen LogP contribution in [-0.4, -0.2) is 29.3 Å². The minimum absolute atomic E-state index is 0.169. The first-order chi connectivity index (χ1) is 16.2. The average Bonchev–Trinajstić information content (AvgIpc) is 3.42. The molecule has 0 bridgehead atoms. The average molecular weight is 466 g/mol. The second-order valence-electron chi connectivity index (χ2n) is 13.1. The quantitative estimate of drug-likeness (QED) is 0.515. The lowest BCUT2D eigenvalue weighted by molar-refractivity contribution is -0.143. The molecule has 1 aromatic rings. The number of nitrogens with zero attached hydrogens (tertiary/aromatic N) is 3. The van der Waals surface area contributed by atoms with Crippen molar-refractivity contribution in [2.75, 3.05) is 13.7 Å². The van der Waals surface area contributed by atoms with Gasteiger partial charge in [0.1, 0.15) is 11.9 Å². The second kappa shape index (κ2) is 8.77. The molecule has 4 aliphatic rings. The molecular weight excluding hydrogens is 422 g/mol. The van der Waals surface area contributed by atoms with Gasteiger partial charge in [-0.25, -0.2) is 0 Å². The Morgan fingerprint density at radius 3 is 2.65 bits per heavy atom. The number of carbonyl (C=O) groups excluding carboxylic acids is 1. The molecule has 0 amide bonds. The summed E-state index contributed by atoms with van der Waals surface area (Å²) in [7, 11) is 1.86. The molecule has 5 rings (SSSR count). The second-order valence-corrected chi connectivity index (χ2v) is 13.1. The number of ketones is 1. The van der Waals surface area contributed by atoms with Gasteiger partial charge in [-0.15, -0.1) is 0 Å². The number of aromatic nitrogens is 2. The number of hydrogen-bond donors (Lipinski definition) is 0. The summed E-state index contributed by atoms with van der Waals surface area (Å²) in [5.74, 6) is 3.79. The first kappa shape index (κ1) is 24.0. The van der Waals surface area contributed by atoms with Crippen molar-refractivity contribution >= 4 is 5.78 Å². The molecule has 0 radical (unpaired) electrons. The summed E-state index contributed by atoms with van der Waals surface area (Å²) in [5.41, 5.74) is 1.55. The summed E-state index contributed by atoms with van der Waals surface area (Å²) in [6, 6.07) is 2.12. The highest BCUT2D eigenvalue weighted by molar-refractivity contribution is 5.82. The number of Topliss-reactive ketones (excluding diaryl/α,β-unsaturated/α-hetero) is 1. The van der Waals surface area contributed by atoms with Gasteiger partial charge in [0.05, 0.1) is 18.4 Å². The van der Waals surface area contributed by atoms with Crippen LogP contribution in [-0.2, 0) is 16.1 Å². The Morgan fingerprint density at radius 2 is 1.91 bits per heavy atom. The zero-order chi connectivity index (χ0) is 24.1. The molecule has 0 spiro atoms. The van der Waals surface area contributed by atoms with Gasteiger partial charge in [-0.2, -0.15) is 10.4 Å². The molecule has 0 aromatic carbocycles. The number of ether oxygens (including phenoxy) is 1. The predicted molar refractivity (Wildman–Crippen MR) is 132 cm³/mol. The monoisotopic (exact) mass is 465 g/mol. The van der Waals surface area contributed by atoms with Crippen molar-refractivity contribution in [2.24, 2.45) is 45.8 Å². The Kier molecular flexibility index (Phi) is 6.20. The minimum Gasteiger partial charge on any atom is -0.384 e. The Balaban J connectivity index is 1.27. The van der Waals surface area contributed by atoms with Crippen LogP contribution in [0.4, 0.5) is 0 Å². The van der Waals surface area contributed by atoms with E-state index in [1.807, 2.05) is 7.11 Å². The third kappa shape index (κ3) is 3.85. The predicted octanol–water partition coefficient (Wildman–Crippen LogP) is 6.03. The van der Waals surface area contributed by atoms with E-state index in [4.69, 9.17) is 10.00 Å². The van der Waals surface area contributed by atoms with Crippen LogP contribution in [0.5, 0.6) is 0 Å². The molecule has 0 aliphatic heterocycles. The molecule has 4 fully saturated rings. The maximum Gasteiger partial charge on any atom is 0.138 e. The molecule has 0 N–H and O–H groups in total. The molecule has 34 heavy (non-hydrogen) atoms. The van der Waals surface area contributed by atoms with Crippen LogP contribution >= 0.6 is 0 Å². The normalized spacial score (nSPS) is 43.4. The number of fused-ring (bicyclic) bond motifs is 5. The molecule has 4 aliphatic carbocycles. The smallest absolute Gasteiger partial charge is 0.138 e. The summed E-state index contributed by atoms with van der Waals surface area (Å²) in [5, 5.41) is 13.3. The zero-order valence-corrected chi connectivity index (χ0v) is 21.7. The molecule has 5 heteroatoms. The van der Waals surface area contributed by atoms with Crippen LogP contribution in [0.25, 0.3) is 0 Å². The Hall–Kier alpha value is -1.67. The van der Waals surface area contributed by atoms with Crippen molar-refractivity contribution in [3.05, 3.63) is 18.0 Å². The molecule has 4 saturated carbocycles. The van der Waals surface area contributed by atoms with Crippen molar-refractivity contribution in [1.29, 1.82) is 5.26 Å². The first-order valence-corrected chi connectivity index (χ1v) is 13.7. The van der Waals surface area contributed by atoms with E-state index < -0.39 is 0 Å². The first-order valence-electron chi connectivity index (χ1n) is 13.7. The molecule has 5 nitrogen and oxygen atoms in total. The minimum atomic E-state index is 0.169. The highest BCUT2D eigenvalue weighted by atomic mass is 16.5. The molecule has 1 unspecified atom stereocenters. The zero-order valence-electron chi connectivity index (χ0n) is 21.7. The van der Waals surface area contributed by atoms with Gasteiger partial charge in [0, 0.05) is 32.2 Å². The lowest BCUT2D eigenvalue weighted by atomic mass is 9.43. The van der Waals surface area contributed by atoms with E-state index in [-0.39, 0.29) is 11.3 Å². The van der Waals surface area contributed by atoms with E-state index in [1.165, 1.54) is 51.4 Å². The van der Waals surface area contributed by atoms with E-state index in [0.717, 1.165) is 30.8 Å². The number of nitriles is 1. The summed E-state index contributed by atoms with van der Waals surface area (Å²) in [6.45, 7) is 9.01. The van der Waals surface area contributed by atoms with E-state index in [1.54, 1.807) is 17.1 Å². The summed E-state index contributed by atoms with van der Waals surface area (Å²) in [6.07, 6.45) is 15.4. The topological polar surface area (TPSA) is 67.9 Å². The van der Waals surface area contributed by atoms with Crippen LogP contribution in [0.2, 0.25) is 0 Å². The van der Waals surface area contributed by atoms with Gasteiger partial charge in [0.25, 0.3) is 0 Å². The fourth-order valence-corrected chi connectivity index (χ4v) is 9.48. The highest BCUT2D eigenvalue weighted by Crippen LogP contribution is 2.68. The standard InChI is InChI=1S/C29H43N3O2/c1-27(19-34-4)12-13-28(2)21(15-27)5-6-22-23-7-8-25(29(23,3)11-9-24(22)28)26(33)10-14-32-18-20(16-30)17-31-32/h17-18,21-25H,5-15,19H2,1-4H3/t21-,22+,23+,24?,25-,27+,28+,29+/m1/s1. The Bertz CT molecular complexity index is 965. The fourth-order valence-electron chi connectivity index (χ4n) is 9.48. The van der Waals surface area contributed by atoms with Crippen molar-refractivity contribution in [2.45, 2.75) is 91.5 Å². The Labute approximate surface area is 205 Å². The maximum absolute atomic E-state index is 13.4. The fraction of sp³-hybridized carbons (Fsp3) is 0.828. The van der Waals surface area contributed by atoms with Crippen molar-refractivity contribution < 1.29 is 9.53 Å². The van der Waals surface area contributed by atoms with Gasteiger partial charge in [-0.1, -0.05) is 20.8 Å². The molecule has 1 aromatic heterocycles.